The maximum Gasteiger partial charge on any atom is 0.390 e. The molecule has 142 valence electrons. The van der Waals surface area contributed by atoms with Crippen LogP contribution in [0.4, 0.5) is 13.2 Å². The Hall–Kier alpha value is -1.80. The van der Waals surface area contributed by atoms with Gasteiger partial charge in [-0.25, -0.2) is 0 Å². The van der Waals surface area contributed by atoms with Crippen molar-refractivity contribution in [2.45, 2.75) is 38.7 Å². The van der Waals surface area contributed by atoms with Crippen molar-refractivity contribution in [1.82, 2.24) is 10.6 Å². The van der Waals surface area contributed by atoms with Gasteiger partial charge < -0.3 is 20.5 Å². The summed E-state index contributed by atoms with van der Waals surface area (Å²) in [7, 11) is 0. The van der Waals surface area contributed by atoms with Crippen molar-refractivity contribution in [3.63, 3.8) is 0 Å². The molecule has 1 aromatic carbocycles. The second-order valence-electron chi connectivity index (χ2n) is 5.55. The van der Waals surface area contributed by atoms with E-state index in [-0.39, 0.29) is 31.8 Å². The molecule has 2 unspecified atom stereocenters. The van der Waals surface area contributed by atoms with E-state index in [1.54, 1.807) is 0 Å². The van der Waals surface area contributed by atoms with Gasteiger partial charge in [-0.1, -0.05) is 30.3 Å². The number of guanidine groups is 1. The molecule has 0 aromatic heterocycles. The van der Waals surface area contributed by atoms with Crippen molar-refractivity contribution >= 4 is 5.96 Å². The fraction of sp³-hybridized carbons (Fsp3) is 0.588. The van der Waals surface area contributed by atoms with Crippen LogP contribution in [0.25, 0.3) is 0 Å². The number of aliphatic imine (C=N–C) groups is 1. The summed E-state index contributed by atoms with van der Waals surface area (Å²) in [6.07, 6.45) is -6.18. The van der Waals surface area contributed by atoms with Gasteiger partial charge in [-0.3, -0.25) is 4.99 Å². The summed E-state index contributed by atoms with van der Waals surface area (Å²) in [6.45, 7) is 4.04. The van der Waals surface area contributed by atoms with Crippen LogP contribution in [0, 0.1) is 0 Å². The molecule has 1 rings (SSSR count). The third-order valence-corrected chi connectivity index (χ3v) is 3.31. The minimum Gasteiger partial charge on any atom is -0.389 e. The predicted molar refractivity (Wildman–Crippen MR) is 91.5 cm³/mol. The number of nitrogens with zero attached hydrogens (tertiary/aromatic N) is 1. The molecule has 1 aromatic rings. The number of benzene rings is 1. The fourth-order valence-electron chi connectivity index (χ4n) is 1.99. The number of alkyl halides is 3. The molecule has 0 aliphatic rings. The van der Waals surface area contributed by atoms with Crippen molar-refractivity contribution < 1.29 is 23.0 Å². The smallest absolute Gasteiger partial charge is 0.389 e. The number of hydrogen-bond donors (Lipinski definition) is 3. The lowest BCUT2D eigenvalue weighted by molar-refractivity contribution is -0.132. The van der Waals surface area contributed by atoms with Crippen LogP contribution in [0.5, 0.6) is 0 Å². The van der Waals surface area contributed by atoms with Gasteiger partial charge in [0.15, 0.2) is 5.96 Å². The fourth-order valence-corrected chi connectivity index (χ4v) is 1.99. The molecule has 0 aliphatic heterocycles. The number of halogens is 3. The minimum atomic E-state index is -4.22. The topological polar surface area (TPSA) is 65.9 Å². The molecule has 0 saturated carbocycles. The maximum atomic E-state index is 12.2. The first-order chi connectivity index (χ1) is 11.8. The highest BCUT2D eigenvalue weighted by molar-refractivity contribution is 5.79. The Morgan fingerprint density at radius 1 is 1.24 bits per heavy atom. The van der Waals surface area contributed by atoms with Crippen molar-refractivity contribution in [2.24, 2.45) is 4.99 Å². The van der Waals surface area contributed by atoms with Crippen LogP contribution in [0.15, 0.2) is 35.3 Å². The van der Waals surface area contributed by atoms with E-state index >= 15 is 0 Å². The molecule has 3 N–H and O–H groups in total. The Morgan fingerprint density at radius 2 is 1.92 bits per heavy atom. The maximum absolute atomic E-state index is 12.2. The highest BCUT2D eigenvalue weighted by Crippen LogP contribution is 2.18. The van der Waals surface area contributed by atoms with Crippen molar-refractivity contribution in [1.29, 1.82) is 0 Å². The molecule has 0 saturated heterocycles. The summed E-state index contributed by atoms with van der Waals surface area (Å²) in [5, 5.41) is 15.4. The molecular weight excluding hydrogens is 335 g/mol. The van der Waals surface area contributed by atoms with Crippen LogP contribution < -0.4 is 10.6 Å². The SMILES string of the molecule is CCNC(=NCC(O)COC(C)c1ccccc1)NCCC(F)(F)F. The number of ether oxygens (including phenoxy) is 1. The molecule has 0 amide bonds. The zero-order chi connectivity index (χ0) is 18.7. The monoisotopic (exact) mass is 361 g/mol. The summed E-state index contributed by atoms with van der Waals surface area (Å²) in [5.41, 5.74) is 1.00. The average Bonchev–Trinajstić information content (AvgIpc) is 2.57. The summed E-state index contributed by atoms with van der Waals surface area (Å²) in [5.74, 6) is 0.238. The Labute approximate surface area is 146 Å². The zero-order valence-electron chi connectivity index (χ0n) is 14.5. The molecule has 0 fully saturated rings. The van der Waals surface area contributed by atoms with E-state index in [2.05, 4.69) is 15.6 Å². The van der Waals surface area contributed by atoms with E-state index in [1.165, 1.54) is 0 Å². The largest absolute Gasteiger partial charge is 0.390 e. The van der Waals surface area contributed by atoms with Gasteiger partial charge in [-0.2, -0.15) is 13.2 Å². The average molecular weight is 361 g/mol. The van der Waals surface area contributed by atoms with Crippen molar-refractivity contribution in [3.05, 3.63) is 35.9 Å². The van der Waals surface area contributed by atoms with Gasteiger partial charge in [0.2, 0.25) is 0 Å². The quantitative estimate of drug-likeness (QED) is 0.467. The number of hydrogen-bond acceptors (Lipinski definition) is 3. The van der Waals surface area contributed by atoms with Gasteiger partial charge in [0.25, 0.3) is 0 Å². The van der Waals surface area contributed by atoms with Gasteiger partial charge in [0.05, 0.1) is 31.8 Å². The normalized spacial score (nSPS) is 14.9. The Balaban J connectivity index is 2.38. The molecule has 2 atom stereocenters. The first-order valence-corrected chi connectivity index (χ1v) is 8.25. The lowest BCUT2D eigenvalue weighted by Gasteiger charge is -2.17. The third-order valence-electron chi connectivity index (χ3n) is 3.31. The molecule has 0 radical (unpaired) electrons. The Bertz CT molecular complexity index is 510. The molecule has 8 heteroatoms. The minimum absolute atomic E-state index is 0.0306. The number of nitrogens with one attached hydrogen (secondary N) is 2. The third kappa shape index (κ3) is 9.93. The lowest BCUT2D eigenvalue weighted by atomic mass is 10.1. The van der Waals surface area contributed by atoms with E-state index in [1.807, 2.05) is 44.2 Å². The molecule has 0 spiro atoms. The van der Waals surface area contributed by atoms with Gasteiger partial charge in [-0.15, -0.1) is 0 Å². The van der Waals surface area contributed by atoms with Crippen molar-refractivity contribution in [2.75, 3.05) is 26.2 Å². The number of aliphatic hydroxyl groups excluding tert-OH is 1. The molecular formula is C17H26F3N3O2. The highest BCUT2D eigenvalue weighted by atomic mass is 19.4. The Morgan fingerprint density at radius 3 is 2.52 bits per heavy atom. The summed E-state index contributed by atoms with van der Waals surface area (Å²) < 4.78 is 42.1. The van der Waals surface area contributed by atoms with Crippen LogP contribution in [-0.4, -0.2) is 49.6 Å². The standard InChI is InChI=1S/C17H26F3N3O2/c1-3-21-16(22-10-9-17(18,19)20)23-11-15(24)12-25-13(2)14-7-5-4-6-8-14/h4-8,13,15,24H,3,9-12H2,1-2H3,(H2,21,22,23). The lowest BCUT2D eigenvalue weighted by Crippen LogP contribution is -2.39. The van der Waals surface area contributed by atoms with Crippen LogP contribution >= 0.6 is 0 Å². The molecule has 5 nitrogen and oxygen atoms in total. The van der Waals surface area contributed by atoms with Gasteiger partial charge in [-0.05, 0) is 19.4 Å². The number of rotatable bonds is 9. The predicted octanol–water partition coefficient (Wildman–Crippen LogP) is 2.63. The Kier molecular flexibility index (Phi) is 9.30. The second kappa shape index (κ2) is 10.9. The molecule has 0 heterocycles. The van der Waals surface area contributed by atoms with Gasteiger partial charge in [0.1, 0.15) is 0 Å². The van der Waals surface area contributed by atoms with Crippen LogP contribution in [0.1, 0.15) is 31.9 Å². The van der Waals surface area contributed by atoms with Crippen LogP contribution in [-0.2, 0) is 4.74 Å². The van der Waals surface area contributed by atoms with E-state index in [0.717, 1.165) is 5.56 Å². The van der Waals surface area contributed by atoms with Crippen molar-refractivity contribution in [3.8, 4) is 0 Å². The van der Waals surface area contributed by atoms with Gasteiger partial charge >= 0.3 is 6.18 Å². The second-order valence-corrected chi connectivity index (χ2v) is 5.55. The first kappa shape index (κ1) is 21.2. The van der Waals surface area contributed by atoms with Crippen LogP contribution in [0.3, 0.4) is 0 Å². The van der Waals surface area contributed by atoms with E-state index < -0.39 is 18.7 Å². The van der Waals surface area contributed by atoms with Gasteiger partial charge in [0, 0.05) is 13.1 Å². The summed E-state index contributed by atoms with van der Waals surface area (Å²) >= 11 is 0. The molecule has 25 heavy (non-hydrogen) atoms. The molecule has 0 aliphatic carbocycles. The van der Waals surface area contributed by atoms with E-state index in [0.29, 0.717) is 6.54 Å². The van der Waals surface area contributed by atoms with E-state index in [9.17, 15) is 18.3 Å². The zero-order valence-corrected chi connectivity index (χ0v) is 14.5. The van der Waals surface area contributed by atoms with E-state index in [4.69, 9.17) is 4.74 Å². The summed E-state index contributed by atoms with van der Waals surface area (Å²) in [4.78, 5) is 4.08. The number of aliphatic hydroxyl groups is 1. The summed E-state index contributed by atoms with van der Waals surface area (Å²) in [6, 6.07) is 9.59. The highest BCUT2D eigenvalue weighted by Gasteiger charge is 2.26. The molecule has 0 bridgehead atoms. The van der Waals surface area contributed by atoms with Crippen LogP contribution in [0.2, 0.25) is 0 Å². The first-order valence-electron chi connectivity index (χ1n) is 8.25.